The molecule has 7 aliphatic rings. The smallest absolute Gasteiger partial charge is 0.341 e. The Hall–Kier alpha value is -2.80. The monoisotopic (exact) mass is 698 g/mol. The summed E-state index contributed by atoms with van der Waals surface area (Å²) in [7, 11) is 0. The van der Waals surface area contributed by atoms with E-state index in [9.17, 15) is 28.8 Å². The molecule has 0 spiro atoms. The molecule has 7 rings (SSSR count). The first-order valence-corrected chi connectivity index (χ1v) is 18.3. The molecule has 274 valence electrons. The van der Waals surface area contributed by atoms with Crippen LogP contribution in [0.5, 0.6) is 0 Å². The van der Waals surface area contributed by atoms with Crippen molar-refractivity contribution in [2.45, 2.75) is 171 Å². The number of Topliss-reactive ketones (excluding diaryl/α,β-unsaturated/α-hetero) is 4. The molecular weight excluding hydrogens is 648 g/mol. The number of allylic oxidation sites excluding steroid dienone is 1. The number of hydrogen-bond donors (Lipinski definition) is 0. The van der Waals surface area contributed by atoms with Gasteiger partial charge in [0.1, 0.15) is 48.2 Å². The van der Waals surface area contributed by atoms with E-state index in [1.165, 1.54) is 0 Å². The third kappa shape index (κ3) is 6.43. The molecular formula is C38H50O12. The second kappa shape index (κ2) is 12.4. The standard InChI is InChI=1S/C38H50O12/c1-19(2)21-7-9-37-31(49-37)29(17-35(5)15-25(41)27(47-35)13-23(39)11-21)46-34(44)38-10-8-22(20(3)4)12-24(40)14-28-26(42)16-36(6,48-28)18-30(32(38)50-38)45-33(37)43/h20-22,27-32H,1,7-18H2,2-6H3/t21-,22-,27-,28+,29+,30+,31+,32-,35+,36+,37+,38+/m0/s1. The van der Waals surface area contributed by atoms with Crippen LogP contribution in [0.2, 0.25) is 0 Å². The number of hydrogen-bond acceptors (Lipinski definition) is 12. The zero-order valence-electron chi connectivity index (χ0n) is 29.8. The van der Waals surface area contributed by atoms with Crippen LogP contribution in [0.15, 0.2) is 12.2 Å². The highest BCUT2D eigenvalue weighted by Gasteiger charge is 2.74. The Labute approximate surface area is 292 Å². The third-order valence-electron chi connectivity index (χ3n) is 12.5. The van der Waals surface area contributed by atoms with Crippen LogP contribution in [0.3, 0.4) is 0 Å². The fraction of sp³-hybridized carbons (Fsp3) is 0.789. The summed E-state index contributed by atoms with van der Waals surface area (Å²) in [4.78, 5) is 81.7. The van der Waals surface area contributed by atoms with Gasteiger partial charge in [-0.1, -0.05) is 26.0 Å². The molecule has 12 nitrogen and oxygen atoms in total. The summed E-state index contributed by atoms with van der Waals surface area (Å²) < 4.78 is 37.8. The highest BCUT2D eigenvalue weighted by atomic mass is 16.7. The van der Waals surface area contributed by atoms with Crippen molar-refractivity contribution in [3.8, 4) is 0 Å². The lowest BCUT2D eigenvalue weighted by Crippen LogP contribution is -2.48. The van der Waals surface area contributed by atoms with Gasteiger partial charge in [0.15, 0.2) is 22.8 Å². The fourth-order valence-electron chi connectivity index (χ4n) is 9.37. The van der Waals surface area contributed by atoms with Crippen molar-refractivity contribution >= 4 is 35.1 Å². The molecule has 7 aliphatic heterocycles. The van der Waals surface area contributed by atoms with Crippen molar-refractivity contribution in [2.24, 2.45) is 17.8 Å². The number of ether oxygens (including phenoxy) is 6. The van der Waals surface area contributed by atoms with Crippen LogP contribution < -0.4 is 0 Å². The molecule has 0 aromatic carbocycles. The minimum atomic E-state index is -1.49. The van der Waals surface area contributed by atoms with Gasteiger partial charge in [0.2, 0.25) is 0 Å². The van der Waals surface area contributed by atoms with Crippen LogP contribution in [0, 0.1) is 17.8 Å². The average Bonchev–Trinajstić information content (AvgIpc) is 3.88. The van der Waals surface area contributed by atoms with Gasteiger partial charge in [-0.2, -0.15) is 0 Å². The van der Waals surface area contributed by atoms with Crippen LogP contribution in [0.25, 0.3) is 0 Å². The summed E-state index contributed by atoms with van der Waals surface area (Å²) >= 11 is 0. The molecule has 8 bridgehead atoms. The molecule has 50 heavy (non-hydrogen) atoms. The maximum absolute atomic E-state index is 14.5. The summed E-state index contributed by atoms with van der Waals surface area (Å²) in [5.74, 6) is -2.13. The van der Waals surface area contributed by atoms with Gasteiger partial charge in [0.05, 0.1) is 11.2 Å². The van der Waals surface area contributed by atoms with Gasteiger partial charge in [-0.05, 0) is 64.2 Å². The number of ketones is 4. The minimum absolute atomic E-state index is 0.0157. The maximum atomic E-state index is 14.5. The largest absolute Gasteiger partial charge is 0.457 e. The van der Waals surface area contributed by atoms with E-state index in [0.717, 1.165) is 5.57 Å². The molecule has 0 amide bonds. The topological polar surface area (TPSA) is 164 Å². The molecule has 0 aromatic heterocycles. The van der Waals surface area contributed by atoms with Crippen LogP contribution in [0.4, 0.5) is 0 Å². The number of esters is 2. The summed E-state index contributed by atoms with van der Waals surface area (Å²) in [5, 5.41) is 0. The zero-order valence-corrected chi connectivity index (χ0v) is 29.8. The summed E-state index contributed by atoms with van der Waals surface area (Å²) in [6.07, 6.45) is -3.81. The molecule has 0 aliphatic carbocycles. The first-order valence-electron chi connectivity index (χ1n) is 18.3. The second-order valence-corrected chi connectivity index (χ2v) is 17.1. The number of epoxide rings is 2. The van der Waals surface area contributed by atoms with E-state index >= 15 is 0 Å². The number of fused-ring (bicyclic) bond motifs is 4. The quantitative estimate of drug-likeness (QED) is 0.233. The van der Waals surface area contributed by atoms with E-state index in [0.29, 0.717) is 12.8 Å². The Morgan fingerprint density at radius 2 is 1.14 bits per heavy atom. The maximum Gasteiger partial charge on any atom is 0.341 e. The van der Waals surface area contributed by atoms with E-state index in [-0.39, 0.29) is 105 Å². The van der Waals surface area contributed by atoms with Gasteiger partial charge in [0, 0.05) is 51.4 Å². The van der Waals surface area contributed by atoms with Crippen molar-refractivity contribution in [3.63, 3.8) is 0 Å². The molecule has 0 radical (unpaired) electrons. The lowest BCUT2D eigenvalue weighted by atomic mass is 9.80. The Bertz CT molecular complexity index is 1520. The molecule has 0 unspecified atom stereocenters. The van der Waals surface area contributed by atoms with Crippen molar-refractivity contribution in [1.82, 2.24) is 0 Å². The second-order valence-electron chi connectivity index (χ2n) is 17.1. The van der Waals surface area contributed by atoms with E-state index < -0.39 is 71.0 Å². The summed E-state index contributed by atoms with van der Waals surface area (Å²) in [6, 6.07) is 0. The van der Waals surface area contributed by atoms with Gasteiger partial charge in [-0.25, -0.2) is 9.59 Å². The Morgan fingerprint density at radius 1 is 0.680 bits per heavy atom. The molecule has 7 fully saturated rings. The van der Waals surface area contributed by atoms with E-state index in [2.05, 4.69) is 6.58 Å². The predicted octanol–water partition coefficient (Wildman–Crippen LogP) is 3.86. The summed E-state index contributed by atoms with van der Waals surface area (Å²) in [5.41, 5.74) is -4.33. The normalized spacial score (nSPS) is 46.8. The minimum Gasteiger partial charge on any atom is -0.457 e. The molecule has 7 saturated heterocycles. The number of carbonyl (C=O) groups excluding carboxylic acids is 6. The number of carbonyl (C=O) groups is 6. The lowest BCUT2D eigenvalue weighted by Gasteiger charge is -2.32. The van der Waals surface area contributed by atoms with Crippen LogP contribution in [-0.4, -0.2) is 94.1 Å². The zero-order chi connectivity index (χ0) is 36.0. The first kappa shape index (κ1) is 35.6. The molecule has 0 aromatic rings. The molecule has 7 heterocycles. The van der Waals surface area contributed by atoms with Gasteiger partial charge in [-0.15, -0.1) is 0 Å². The third-order valence-corrected chi connectivity index (χ3v) is 12.5. The Kier molecular flexibility index (Phi) is 8.84. The van der Waals surface area contributed by atoms with Crippen LogP contribution in [-0.2, 0) is 57.2 Å². The van der Waals surface area contributed by atoms with E-state index in [1.54, 1.807) is 13.8 Å². The van der Waals surface area contributed by atoms with Crippen LogP contribution in [0.1, 0.15) is 112 Å². The van der Waals surface area contributed by atoms with Gasteiger partial charge in [-0.3, -0.25) is 19.2 Å². The van der Waals surface area contributed by atoms with E-state index in [1.807, 2.05) is 20.8 Å². The average molecular weight is 699 g/mol. The number of rotatable bonds is 2. The predicted molar refractivity (Wildman–Crippen MR) is 174 cm³/mol. The highest BCUT2D eigenvalue weighted by molar-refractivity contribution is 5.93. The van der Waals surface area contributed by atoms with E-state index in [4.69, 9.17) is 28.4 Å². The lowest BCUT2D eigenvalue weighted by molar-refractivity contribution is -0.166. The SMILES string of the molecule is C=C(C)[C@H]1CC[C@@]23O[C@@H]2[C@@H](C[C@@]2(C)CC(=O)[C@H](CC(=O)C1)O2)OC(=O)[C@@]12CC[C@H](C(C)C)CC(=O)C[C@H]4O[C@](C)(CC4=O)C[C@@H](OC3=O)[C@@H]1O2. The Morgan fingerprint density at radius 3 is 1.60 bits per heavy atom. The Balaban J connectivity index is 1.28. The van der Waals surface area contributed by atoms with Gasteiger partial charge in [0.25, 0.3) is 0 Å². The van der Waals surface area contributed by atoms with Crippen molar-refractivity contribution < 1.29 is 57.2 Å². The highest BCUT2D eigenvalue weighted by Crippen LogP contribution is 2.55. The molecule has 12 heteroatoms. The van der Waals surface area contributed by atoms with Crippen molar-refractivity contribution in [3.05, 3.63) is 12.2 Å². The van der Waals surface area contributed by atoms with Crippen molar-refractivity contribution in [1.29, 1.82) is 0 Å². The molecule has 0 N–H and O–H groups in total. The molecule has 12 atom stereocenters. The molecule has 0 saturated carbocycles. The first-order chi connectivity index (χ1) is 23.4. The fourth-order valence-corrected chi connectivity index (χ4v) is 9.37. The van der Waals surface area contributed by atoms with Gasteiger partial charge < -0.3 is 28.4 Å². The van der Waals surface area contributed by atoms with Crippen LogP contribution >= 0.6 is 0 Å². The van der Waals surface area contributed by atoms with Crippen molar-refractivity contribution in [2.75, 3.05) is 0 Å². The summed E-state index contributed by atoms with van der Waals surface area (Å²) in [6.45, 7) is 13.5. The van der Waals surface area contributed by atoms with Gasteiger partial charge >= 0.3 is 11.9 Å².